The summed E-state index contributed by atoms with van der Waals surface area (Å²) in [4.78, 5) is 12.0. The number of rotatable bonds is 7. The van der Waals surface area contributed by atoms with E-state index in [2.05, 4.69) is 0 Å². The predicted molar refractivity (Wildman–Crippen MR) is 88.9 cm³/mol. The van der Waals surface area contributed by atoms with E-state index in [0.29, 0.717) is 17.9 Å². The van der Waals surface area contributed by atoms with Gasteiger partial charge >= 0.3 is 28.3 Å². The maximum atomic E-state index is 12.0. The Morgan fingerprint density at radius 1 is 1.50 bits per heavy atom. The molecule has 0 saturated carbocycles. The molecule has 0 radical (unpaired) electrons. The van der Waals surface area contributed by atoms with Crippen molar-refractivity contribution in [1.82, 2.24) is 0 Å². The quantitative estimate of drug-likeness (QED) is 0.378. The van der Waals surface area contributed by atoms with Gasteiger partial charge in [-0.2, -0.15) is 0 Å². The fourth-order valence-corrected chi connectivity index (χ4v) is 2.99. The van der Waals surface area contributed by atoms with Gasteiger partial charge in [0.1, 0.15) is 0 Å². The first-order valence-electron chi connectivity index (χ1n) is 8.33. The molecular formula is C18H27AgO7. The predicted octanol–water partition coefficient (Wildman–Crippen LogP) is 2.58. The molecule has 1 fully saturated rings. The minimum absolute atomic E-state index is 0. The Hall–Kier alpha value is -0.800. The summed E-state index contributed by atoms with van der Waals surface area (Å²) in [6.45, 7) is 9.30. The topological polar surface area (TPSA) is 87.4 Å². The normalized spacial score (nSPS) is 21.0. The molecule has 1 aromatic heterocycles. The van der Waals surface area contributed by atoms with Crippen LogP contribution < -0.4 is 0 Å². The molecular weight excluding hydrogens is 436 g/mol. The number of furan rings is 1. The third-order valence-electron chi connectivity index (χ3n) is 4.02. The van der Waals surface area contributed by atoms with Crippen molar-refractivity contribution in [2.75, 3.05) is 20.3 Å². The molecule has 1 saturated heterocycles. The molecule has 1 N–H and O–H groups in total. The fourth-order valence-electron chi connectivity index (χ4n) is 2.99. The van der Waals surface area contributed by atoms with Crippen LogP contribution in [-0.2, 0) is 41.3 Å². The zero-order chi connectivity index (χ0) is 18.8. The summed E-state index contributed by atoms with van der Waals surface area (Å²) in [5, 5.41) is 10.9. The molecule has 0 bridgehead atoms. The van der Waals surface area contributed by atoms with E-state index in [4.69, 9.17) is 23.4 Å². The van der Waals surface area contributed by atoms with Crippen molar-refractivity contribution < 1.29 is 55.6 Å². The third-order valence-corrected chi connectivity index (χ3v) is 4.02. The molecule has 8 heteroatoms. The summed E-state index contributed by atoms with van der Waals surface area (Å²) in [6, 6.07) is 1.52. The van der Waals surface area contributed by atoms with Crippen molar-refractivity contribution in [2.45, 2.75) is 58.5 Å². The molecule has 0 unspecified atom stereocenters. The second-order valence-electron chi connectivity index (χ2n) is 6.76. The van der Waals surface area contributed by atoms with Crippen LogP contribution in [0.3, 0.4) is 0 Å². The van der Waals surface area contributed by atoms with Crippen LogP contribution in [0.4, 0.5) is 0 Å². The van der Waals surface area contributed by atoms with E-state index in [9.17, 15) is 9.90 Å². The molecule has 1 aliphatic rings. The molecule has 0 amide bonds. The number of methoxy groups -OCH3 is 1. The molecule has 2 rings (SSSR count). The number of hydrogen-bond donors (Lipinski definition) is 1. The van der Waals surface area contributed by atoms with Gasteiger partial charge in [-0.25, -0.2) is 4.79 Å². The third kappa shape index (κ3) is 5.36. The van der Waals surface area contributed by atoms with Crippen LogP contribution in [0, 0.1) is 13.0 Å². The number of esters is 1. The van der Waals surface area contributed by atoms with Crippen molar-refractivity contribution in [1.29, 1.82) is 0 Å². The van der Waals surface area contributed by atoms with Gasteiger partial charge in [-0.3, -0.25) is 0 Å². The first kappa shape index (κ1) is 23.2. The van der Waals surface area contributed by atoms with E-state index in [-0.39, 0.29) is 53.4 Å². The van der Waals surface area contributed by atoms with Crippen LogP contribution in [0.5, 0.6) is 0 Å². The summed E-state index contributed by atoms with van der Waals surface area (Å²) in [5.41, 5.74) is -1.05. The second kappa shape index (κ2) is 8.93. The fraction of sp³-hybridized carbons (Fsp3) is 0.667. The Bertz CT molecular complexity index is 609. The molecule has 152 valence electrons. The molecule has 0 spiro atoms. The van der Waals surface area contributed by atoms with Gasteiger partial charge in [-0.05, 0) is 52.9 Å². The minimum atomic E-state index is -1.36. The largest absolute Gasteiger partial charge is 1.00 e. The summed E-state index contributed by atoms with van der Waals surface area (Å²) in [7, 11) is 1.45. The van der Waals surface area contributed by atoms with Gasteiger partial charge in [0.25, 0.3) is 0 Å². The van der Waals surface area contributed by atoms with Crippen LogP contribution in [0.2, 0.25) is 0 Å². The van der Waals surface area contributed by atoms with Crippen molar-refractivity contribution >= 4 is 5.97 Å². The first-order chi connectivity index (χ1) is 11.6. The van der Waals surface area contributed by atoms with Crippen LogP contribution in [0.25, 0.3) is 0 Å². The van der Waals surface area contributed by atoms with Gasteiger partial charge in [0.05, 0.1) is 25.1 Å². The Kier molecular flexibility index (Phi) is 7.98. The van der Waals surface area contributed by atoms with Crippen LogP contribution in [0.15, 0.2) is 10.5 Å². The summed E-state index contributed by atoms with van der Waals surface area (Å²) in [5.74, 6) is -0.460. The number of carbonyl (C=O) groups is 1. The molecule has 7 nitrogen and oxygen atoms in total. The first-order valence-corrected chi connectivity index (χ1v) is 8.33. The average molecular weight is 463 g/mol. The van der Waals surface area contributed by atoms with E-state index in [0.717, 1.165) is 0 Å². The summed E-state index contributed by atoms with van der Waals surface area (Å²) >= 11 is 0. The van der Waals surface area contributed by atoms with Crippen molar-refractivity contribution in [3.8, 4) is 0 Å². The molecule has 1 aromatic rings. The minimum Gasteiger partial charge on any atom is -0.498 e. The molecule has 0 aliphatic carbocycles. The van der Waals surface area contributed by atoms with Crippen LogP contribution in [0.1, 0.15) is 56.0 Å². The number of ether oxygens (including phenoxy) is 4. The zero-order valence-electron chi connectivity index (χ0n) is 16.0. The van der Waals surface area contributed by atoms with E-state index in [1.54, 1.807) is 20.8 Å². The monoisotopic (exact) mass is 462 g/mol. The summed E-state index contributed by atoms with van der Waals surface area (Å²) in [6.07, 6.45) is 0.198. The van der Waals surface area contributed by atoms with Gasteiger partial charge in [-0.15, -0.1) is 6.07 Å². The van der Waals surface area contributed by atoms with Crippen molar-refractivity contribution in [3.63, 3.8) is 0 Å². The van der Waals surface area contributed by atoms with Crippen molar-refractivity contribution in [2.24, 2.45) is 0 Å². The molecule has 2 atom stereocenters. The molecule has 0 aromatic carbocycles. The Labute approximate surface area is 169 Å². The Morgan fingerprint density at radius 3 is 2.65 bits per heavy atom. The van der Waals surface area contributed by atoms with Crippen LogP contribution >= 0.6 is 0 Å². The van der Waals surface area contributed by atoms with Gasteiger partial charge in [0.2, 0.25) is 0 Å². The molecule has 26 heavy (non-hydrogen) atoms. The average Bonchev–Trinajstić information content (AvgIpc) is 3.01. The standard InChI is InChI=1S/C18H27O7.Ag/c1-7-22-16(19)13-8-14(24-11(13)2)15(21-6)18(5,20)9-12-10-23-17(3,4)25-12;/h8,12,20H,7,9-10H2,1-6H3;/q-1;+1/t12-,18+;/m0./s1. The van der Waals surface area contributed by atoms with E-state index in [1.165, 1.54) is 13.2 Å². The second-order valence-corrected chi connectivity index (χ2v) is 6.76. The molecule has 2 heterocycles. The zero-order valence-corrected chi connectivity index (χ0v) is 17.5. The Balaban J connectivity index is 0.00000338. The van der Waals surface area contributed by atoms with Gasteiger partial charge in [0, 0.05) is 18.3 Å². The van der Waals surface area contributed by atoms with E-state index >= 15 is 0 Å². The van der Waals surface area contributed by atoms with Gasteiger partial charge in [-0.1, -0.05) is 0 Å². The number of carbonyl (C=O) groups excluding carboxylic acids is 1. The van der Waals surface area contributed by atoms with Gasteiger partial charge in [0.15, 0.2) is 5.79 Å². The Morgan fingerprint density at radius 2 is 2.15 bits per heavy atom. The summed E-state index contributed by atoms with van der Waals surface area (Å²) < 4.78 is 27.3. The van der Waals surface area contributed by atoms with E-state index < -0.39 is 17.4 Å². The van der Waals surface area contributed by atoms with Crippen LogP contribution in [-0.4, -0.2) is 48.9 Å². The molecule has 1 aliphatic heterocycles. The number of aryl methyl sites for hydroxylation is 1. The maximum absolute atomic E-state index is 12.0. The van der Waals surface area contributed by atoms with Gasteiger partial charge < -0.3 is 28.5 Å². The SMILES string of the molecule is CCOC(=O)c1cc([C-](OC)[C@](C)(O)C[C@H]2COC(C)(C)O2)oc1C.[Ag+]. The van der Waals surface area contributed by atoms with Crippen molar-refractivity contribution in [3.05, 3.63) is 29.3 Å². The maximum Gasteiger partial charge on any atom is 1.00 e. The smallest absolute Gasteiger partial charge is 0.498 e. The number of aliphatic hydroxyl groups is 1. The number of hydrogen-bond acceptors (Lipinski definition) is 7. The van der Waals surface area contributed by atoms with E-state index in [1.807, 2.05) is 13.8 Å².